The van der Waals surface area contributed by atoms with Crippen LogP contribution in [0.5, 0.6) is 0 Å². The molecular weight excluding hydrogens is 188 g/mol. The lowest BCUT2D eigenvalue weighted by atomic mass is 10.0. The highest BCUT2D eigenvalue weighted by Crippen LogP contribution is 2.22. The van der Waals surface area contributed by atoms with Crippen LogP contribution in [0.3, 0.4) is 0 Å². The van der Waals surface area contributed by atoms with Crippen LogP contribution in [0, 0.1) is 0 Å². The summed E-state index contributed by atoms with van der Waals surface area (Å²) in [4.78, 5) is 0. The SMILES string of the molecule is C=CO/C(=C\N)c1ccc(N)cc1CC. The Morgan fingerprint density at radius 3 is 2.80 bits per heavy atom. The highest BCUT2D eigenvalue weighted by Gasteiger charge is 2.07. The molecule has 0 spiro atoms. The van der Waals surface area contributed by atoms with Gasteiger partial charge in [0.15, 0.2) is 0 Å². The van der Waals surface area contributed by atoms with E-state index in [-0.39, 0.29) is 0 Å². The molecule has 0 aliphatic rings. The van der Waals surface area contributed by atoms with E-state index in [4.69, 9.17) is 16.2 Å². The lowest BCUT2D eigenvalue weighted by molar-refractivity contribution is 0.437. The van der Waals surface area contributed by atoms with E-state index in [1.807, 2.05) is 18.2 Å². The van der Waals surface area contributed by atoms with Gasteiger partial charge in [-0.05, 0) is 30.2 Å². The number of hydrogen-bond acceptors (Lipinski definition) is 3. The Bertz CT molecular complexity index is 383. The van der Waals surface area contributed by atoms with Crippen LogP contribution < -0.4 is 11.5 Å². The summed E-state index contributed by atoms with van der Waals surface area (Å²) >= 11 is 0. The molecule has 0 unspecified atom stereocenters. The van der Waals surface area contributed by atoms with Gasteiger partial charge in [-0.2, -0.15) is 0 Å². The molecule has 0 fully saturated rings. The fourth-order valence-corrected chi connectivity index (χ4v) is 1.43. The first kappa shape index (κ1) is 11.2. The molecule has 0 heterocycles. The van der Waals surface area contributed by atoms with E-state index in [9.17, 15) is 0 Å². The second-order valence-electron chi connectivity index (χ2n) is 3.09. The molecule has 3 heteroatoms. The predicted molar refractivity (Wildman–Crippen MR) is 63.7 cm³/mol. The molecule has 0 aliphatic carbocycles. The second-order valence-corrected chi connectivity index (χ2v) is 3.09. The van der Waals surface area contributed by atoms with Crippen molar-refractivity contribution in [3.63, 3.8) is 0 Å². The molecule has 0 radical (unpaired) electrons. The van der Waals surface area contributed by atoms with Crippen molar-refractivity contribution in [2.24, 2.45) is 5.73 Å². The first-order chi connectivity index (χ1) is 7.22. The highest BCUT2D eigenvalue weighted by atomic mass is 16.5. The lowest BCUT2D eigenvalue weighted by Crippen LogP contribution is -1.98. The Morgan fingerprint density at radius 1 is 1.53 bits per heavy atom. The molecule has 15 heavy (non-hydrogen) atoms. The first-order valence-electron chi connectivity index (χ1n) is 4.81. The summed E-state index contributed by atoms with van der Waals surface area (Å²) in [5.74, 6) is 0.599. The van der Waals surface area contributed by atoms with Crippen LogP contribution >= 0.6 is 0 Å². The number of hydrogen-bond donors (Lipinski definition) is 2. The van der Waals surface area contributed by atoms with E-state index >= 15 is 0 Å². The monoisotopic (exact) mass is 204 g/mol. The summed E-state index contributed by atoms with van der Waals surface area (Å²) in [7, 11) is 0. The molecule has 4 N–H and O–H groups in total. The van der Waals surface area contributed by atoms with Crippen LogP contribution in [0.15, 0.2) is 37.2 Å². The van der Waals surface area contributed by atoms with Gasteiger partial charge in [-0.15, -0.1) is 0 Å². The van der Waals surface area contributed by atoms with E-state index in [0.29, 0.717) is 5.76 Å². The molecule has 0 bridgehead atoms. The standard InChI is InChI=1S/C12H16N2O/c1-3-9-7-10(14)5-6-11(9)12(8-13)15-4-2/h4-8H,2-3,13-14H2,1H3/b12-8-. The number of aryl methyl sites for hydroxylation is 1. The third kappa shape index (κ3) is 2.53. The van der Waals surface area contributed by atoms with Crippen LogP contribution in [0.2, 0.25) is 0 Å². The van der Waals surface area contributed by atoms with E-state index in [1.54, 1.807) is 0 Å². The van der Waals surface area contributed by atoms with Gasteiger partial charge in [0.25, 0.3) is 0 Å². The van der Waals surface area contributed by atoms with Crippen molar-refractivity contribution < 1.29 is 4.74 Å². The van der Waals surface area contributed by atoms with Gasteiger partial charge >= 0.3 is 0 Å². The summed E-state index contributed by atoms with van der Waals surface area (Å²) in [5, 5.41) is 0. The van der Waals surface area contributed by atoms with Crippen molar-refractivity contribution in [1.82, 2.24) is 0 Å². The number of ether oxygens (including phenoxy) is 1. The molecular formula is C12H16N2O. The van der Waals surface area contributed by atoms with Crippen LogP contribution in [-0.2, 0) is 11.2 Å². The Kier molecular flexibility index (Phi) is 3.80. The Hall–Kier alpha value is -1.90. The molecule has 80 valence electrons. The van der Waals surface area contributed by atoms with Gasteiger partial charge in [0.2, 0.25) is 0 Å². The van der Waals surface area contributed by atoms with Crippen LogP contribution in [0.4, 0.5) is 5.69 Å². The van der Waals surface area contributed by atoms with Crippen molar-refractivity contribution >= 4 is 11.4 Å². The molecule has 3 nitrogen and oxygen atoms in total. The highest BCUT2D eigenvalue weighted by molar-refractivity contribution is 5.65. The summed E-state index contributed by atoms with van der Waals surface area (Å²) in [6, 6.07) is 5.64. The minimum absolute atomic E-state index is 0.599. The third-order valence-corrected chi connectivity index (χ3v) is 2.14. The zero-order valence-electron chi connectivity index (χ0n) is 8.86. The average molecular weight is 204 g/mol. The quantitative estimate of drug-likeness (QED) is 0.584. The Labute approximate surface area is 90.0 Å². The molecule has 1 rings (SSSR count). The lowest BCUT2D eigenvalue weighted by Gasteiger charge is -2.11. The van der Waals surface area contributed by atoms with Gasteiger partial charge in [0, 0.05) is 17.5 Å². The van der Waals surface area contributed by atoms with Gasteiger partial charge in [0.1, 0.15) is 5.76 Å². The number of anilines is 1. The summed E-state index contributed by atoms with van der Waals surface area (Å²) in [6.07, 6.45) is 3.65. The minimum atomic E-state index is 0.599. The third-order valence-electron chi connectivity index (χ3n) is 2.14. The Morgan fingerprint density at radius 2 is 2.27 bits per heavy atom. The van der Waals surface area contributed by atoms with E-state index < -0.39 is 0 Å². The summed E-state index contributed by atoms with van der Waals surface area (Å²) in [6.45, 7) is 5.56. The van der Waals surface area contributed by atoms with Gasteiger partial charge < -0.3 is 16.2 Å². The Balaban J connectivity index is 3.17. The molecule has 0 aromatic heterocycles. The fourth-order valence-electron chi connectivity index (χ4n) is 1.43. The predicted octanol–water partition coefficient (Wildman–Crippen LogP) is 2.25. The maximum atomic E-state index is 5.71. The number of nitrogens with two attached hydrogens (primary N) is 2. The fraction of sp³-hybridized carbons (Fsp3) is 0.167. The van der Waals surface area contributed by atoms with Crippen molar-refractivity contribution in [2.45, 2.75) is 13.3 Å². The summed E-state index contributed by atoms with van der Waals surface area (Å²) in [5.41, 5.74) is 14.0. The number of rotatable bonds is 4. The molecule has 1 aromatic rings. The topological polar surface area (TPSA) is 61.3 Å². The molecule has 0 saturated carbocycles. The number of nitrogen functional groups attached to an aromatic ring is 1. The second kappa shape index (κ2) is 5.10. The largest absolute Gasteiger partial charge is 0.463 e. The molecule has 0 amide bonds. The van der Waals surface area contributed by atoms with Crippen LogP contribution in [0.1, 0.15) is 18.1 Å². The maximum Gasteiger partial charge on any atom is 0.149 e. The van der Waals surface area contributed by atoms with Gasteiger partial charge in [-0.25, -0.2) is 0 Å². The molecule has 1 aromatic carbocycles. The molecule has 0 atom stereocenters. The van der Waals surface area contributed by atoms with Crippen molar-refractivity contribution in [3.05, 3.63) is 48.4 Å². The first-order valence-corrected chi connectivity index (χ1v) is 4.81. The van der Waals surface area contributed by atoms with E-state index in [0.717, 1.165) is 23.2 Å². The van der Waals surface area contributed by atoms with Crippen molar-refractivity contribution in [2.75, 3.05) is 5.73 Å². The molecule has 0 aliphatic heterocycles. The van der Waals surface area contributed by atoms with E-state index in [1.165, 1.54) is 12.5 Å². The minimum Gasteiger partial charge on any atom is -0.463 e. The van der Waals surface area contributed by atoms with Gasteiger partial charge in [0.05, 0.1) is 6.26 Å². The smallest absolute Gasteiger partial charge is 0.149 e. The normalized spacial score (nSPS) is 11.1. The average Bonchev–Trinajstić information content (AvgIpc) is 2.26. The maximum absolute atomic E-state index is 5.71. The van der Waals surface area contributed by atoms with Crippen LogP contribution in [-0.4, -0.2) is 0 Å². The van der Waals surface area contributed by atoms with Crippen molar-refractivity contribution in [1.29, 1.82) is 0 Å². The van der Waals surface area contributed by atoms with E-state index in [2.05, 4.69) is 13.5 Å². The van der Waals surface area contributed by atoms with Crippen molar-refractivity contribution in [3.8, 4) is 0 Å². The number of benzene rings is 1. The van der Waals surface area contributed by atoms with Crippen LogP contribution in [0.25, 0.3) is 5.76 Å². The zero-order valence-corrected chi connectivity index (χ0v) is 8.86. The van der Waals surface area contributed by atoms with Gasteiger partial charge in [-0.1, -0.05) is 13.5 Å². The van der Waals surface area contributed by atoms with Gasteiger partial charge in [-0.3, -0.25) is 0 Å². The molecule has 0 saturated heterocycles. The zero-order chi connectivity index (χ0) is 11.3. The summed E-state index contributed by atoms with van der Waals surface area (Å²) < 4.78 is 5.22.